The molecule has 1 radical (unpaired) electrons. The monoisotopic (exact) mass is 273 g/mol. The summed E-state index contributed by atoms with van der Waals surface area (Å²) in [5, 5.41) is 0. The second-order valence-electron chi connectivity index (χ2n) is 0.878. The second-order valence-corrected chi connectivity index (χ2v) is 14.3. The molecule has 0 atom stereocenters. The van der Waals surface area contributed by atoms with Crippen LogP contribution in [0.3, 0.4) is 0 Å². The summed E-state index contributed by atoms with van der Waals surface area (Å²) in [5.74, 6) is 0. The topological polar surface area (TPSA) is 0 Å². The zero-order valence-electron chi connectivity index (χ0n) is 2.88. The summed E-state index contributed by atoms with van der Waals surface area (Å²) in [6.45, 7) is 0. The zero-order valence-corrected chi connectivity index (χ0v) is 7.52. The number of halogens is 1. The zero-order chi connectivity index (χ0) is 3.58. The first-order valence-electron chi connectivity index (χ1n) is 1.19. The fourth-order valence-corrected chi connectivity index (χ4v) is 0. The van der Waals surface area contributed by atoms with E-state index in [1.54, 1.807) is 0 Å². The Morgan fingerprint density at radius 1 is 1.50 bits per heavy atom. The van der Waals surface area contributed by atoms with E-state index in [-0.39, 0.29) is 0 Å². The van der Waals surface area contributed by atoms with Crippen molar-refractivity contribution in [3.05, 3.63) is 0 Å². The summed E-state index contributed by atoms with van der Waals surface area (Å²) in [6, 6.07) is 0. The van der Waals surface area contributed by atoms with Gasteiger partial charge in [-0.05, 0) is 0 Å². The Labute approximate surface area is 38.7 Å². The number of hydrogen-bond acceptors (Lipinski definition) is 0. The summed E-state index contributed by atoms with van der Waals surface area (Å²) in [5.41, 5.74) is 0. The molecule has 0 bridgehead atoms. The summed E-state index contributed by atoms with van der Waals surface area (Å²) in [4.78, 5) is 0. The Balaban J connectivity index is 2.32. The van der Waals surface area contributed by atoms with Crippen LogP contribution in [0.2, 0.25) is 8.97 Å². The Kier molecular flexibility index (Phi) is 3.19. The van der Waals surface area contributed by atoms with Crippen LogP contribution in [0.1, 0.15) is 0 Å². The van der Waals surface area contributed by atoms with Gasteiger partial charge in [-0.1, -0.05) is 0 Å². The molecule has 25 valence electrons. The van der Waals surface area contributed by atoms with Crippen molar-refractivity contribution < 1.29 is 0 Å². The molecule has 0 aliphatic carbocycles. The Morgan fingerprint density at radius 3 is 1.50 bits per heavy atom. The fraction of sp³-hybridized carbons (Fsp3) is 1.00. The molecule has 0 aromatic heterocycles. The molecule has 0 unspecified atom stereocenters. The second kappa shape index (κ2) is 2.45. The van der Waals surface area contributed by atoms with Crippen LogP contribution in [0.5, 0.6) is 0 Å². The van der Waals surface area contributed by atoms with Gasteiger partial charge >= 0.3 is 38.8 Å². The van der Waals surface area contributed by atoms with Crippen LogP contribution in [0.4, 0.5) is 0 Å². The molecule has 2 heteroatoms. The number of rotatable bonds is 0. The van der Waals surface area contributed by atoms with E-state index in [2.05, 4.69) is 8.97 Å². The fourth-order valence-electron chi connectivity index (χ4n) is 0. The third-order valence-corrected chi connectivity index (χ3v) is 0. The maximum atomic E-state index is 5.49. The molecule has 0 rings (SSSR count). The van der Waals surface area contributed by atoms with Crippen molar-refractivity contribution in [2.24, 2.45) is 0 Å². The third-order valence-electron chi connectivity index (χ3n) is 0. The van der Waals surface area contributed by atoms with Crippen LogP contribution in [-0.2, 0) is 0 Å². The van der Waals surface area contributed by atoms with E-state index >= 15 is 0 Å². The van der Waals surface area contributed by atoms with Gasteiger partial charge in [-0.25, -0.2) is 0 Å². The predicted molar refractivity (Wildman–Crippen MR) is 23.3 cm³/mol. The summed E-state index contributed by atoms with van der Waals surface area (Å²) in [7, 11) is 5.49. The molecule has 0 aliphatic heterocycles. The van der Waals surface area contributed by atoms with Crippen LogP contribution in [0, 0.1) is 0 Å². The normalized spacial score (nSPS) is 9.00. The van der Waals surface area contributed by atoms with E-state index in [1.807, 2.05) is 0 Å². The van der Waals surface area contributed by atoms with Gasteiger partial charge in [0.2, 0.25) is 0 Å². The Morgan fingerprint density at radius 2 is 1.50 bits per heavy atom. The SMILES string of the molecule is [CH3][Pb]([CH3])[Cl]. The van der Waals surface area contributed by atoms with E-state index < -0.39 is 21.5 Å². The molecular formula is C2H6ClPb. The molecule has 0 heterocycles. The molecule has 0 aromatic carbocycles. The van der Waals surface area contributed by atoms with Gasteiger partial charge in [-0.2, -0.15) is 0 Å². The van der Waals surface area contributed by atoms with Crippen LogP contribution in [0.25, 0.3) is 0 Å². The van der Waals surface area contributed by atoms with Crippen LogP contribution in [-0.4, -0.2) is 21.5 Å². The van der Waals surface area contributed by atoms with Crippen molar-refractivity contribution in [2.75, 3.05) is 0 Å². The minimum atomic E-state index is -1.19. The molecule has 0 N–H and O–H groups in total. The molecule has 0 saturated heterocycles. The first-order chi connectivity index (χ1) is 1.73. The van der Waals surface area contributed by atoms with Gasteiger partial charge < -0.3 is 0 Å². The summed E-state index contributed by atoms with van der Waals surface area (Å²) >= 11 is -1.19. The molecule has 0 nitrogen and oxygen atoms in total. The van der Waals surface area contributed by atoms with Crippen LogP contribution < -0.4 is 0 Å². The molecule has 4 heavy (non-hydrogen) atoms. The van der Waals surface area contributed by atoms with Gasteiger partial charge in [-0.3, -0.25) is 0 Å². The number of hydrogen-bond donors (Lipinski definition) is 0. The Hall–Kier alpha value is 1.21. The van der Waals surface area contributed by atoms with Crippen molar-refractivity contribution in [2.45, 2.75) is 8.97 Å². The maximum absolute atomic E-state index is 5.49. The van der Waals surface area contributed by atoms with Gasteiger partial charge in [0, 0.05) is 0 Å². The van der Waals surface area contributed by atoms with E-state index in [0.29, 0.717) is 0 Å². The predicted octanol–water partition coefficient (Wildman–Crippen LogP) is 1.48. The van der Waals surface area contributed by atoms with Gasteiger partial charge in [0.05, 0.1) is 0 Å². The first-order valence-corrected chi connectivity index (χ1v) is 13.7. The van der Waals surface area contributed by atoms with Crippen molar-refractivity contribution in [3.63, 3.8) is 0 Å². The summed E-state index contributed by atoms with van der Waals surface area (Å²) < 4.78 is 4.29. The molecule has 0 spiro atoms. The van der Waals surface area contributed by atoms with Crippen molar-refractivity contribution in [3.8, 4) is 0 Å². The van der Waals surface area contributed by atoms with Crippen molar-refractivity contribution in [1.82, 2.24) is 0 Å². The molecule has 0 aliphatic rings. The summed E-state index contributed by atoms with van der Waals surface area (Å²) in [6.07, 6.45) is 0. The molecule has 0 aromatic rings. The van der Waals surface area contributed by atoms with Gasteiger partial charge in [0.1, 0.15) is 0 Å². The first kappa shape index (κ1) is 5.21. The third kappa shape index (κ3) is 10.7. The van der Waals surface area contributed by atoms with Gasteiger partial charge in [0.15, 0.2) is 0 Å². The van der Waals surface area contributed by atoms with Gasteiger partial charge in [-0.15, -0.1) is 0 Å². The minimum absolute atomic E-state index is 1.19. The van der Waals surface area contributed by atoms with E-state index in [9.17, 15) is 0 Å². The average Bonchev–Trinajstić information content (AvgIpc) is 0.811. The van der Waals surface area contributed by atoms with E-state index in [0.717, 1.165) is 0 Å². The molecule has 0 amide bonds. The van der Waals surface area contributed by atoms with Crippen molar-refractivity contribution in [1.29, 1.82) is 0 Å². The standard InChI is InChI=1S/2CH3.ClH.Pb/h2*1H3;1H;/q;;;+1/p-1. The Bertz CT molecular complexity index is 10.8. The van der Waals surface area contributed by atoms with Crippen LogP contribution >= 0.6 is 8.32 Å². The molecule has 0 saturated carbocycles. The average molecular weight is 273 g/mol. The quantitative estimate of drug-likeness (QED) is 0.586. The van der Waals surface area contributed by atoms with Crippen LogP contribution in [0.15, 0.2) is 0 Å². The molecule has 0 fully saturated rings. The van der Waals surface area contributed by atoms with E-state index in [1.165, 1.54) is 0 Å². The van der Waals surface area contributed by atoms with Crippen molar-refractivity contribution >= 4 is 29.8 Å². The molecular weight excluding hydrogens is 267 g/mol. The van der Waals surface area contributed by atoms with E-state index in [4.69, 9.17) is 8.32 Å². The van der Waals surface area contributed by atoms with Gasteiger partial charge in [0.25, 0.3) is 0 Å².